The lowest BCUT2D eigenvalue weighted by Gasteiger charge is -2.25. The maximum atomic E-state index is 13.8. The average molecular weight is 568 g/mol. The summed E-state index contributed by atoms with van der Waals surface area (Å²) in [4.78, 5) is 16.8. The van der Waals surface area contributed by atoms with Gasteiger partial charge >= 0.3 is 0 Å². The highest BCUT2D eigenvalue weighted by molar-refractivity contribution is 7.91. The van der Waals surface area contributed by atoms with Gasteiger partial charge in [-0.2, -0.15) is 9.97 Å². The van der Waals surface area contributed by atoms with Crippen LogP contribution in [0, 0.1) is 0 Å². The number of sulfone groups is 1. The Kier molecular flexibility index (Phi) is 8.75. The Labute approximate surface area is 225 Å². The van der Waals surface area contributed by atoms with E-state index in [2.05, 4.69) is 30.1 Å². The van der Waals surface area contributed by atoms with E-state index in [-0.39, 0.29) is 35.4 Å². The first-order valence-electron chi connectivity index (χ1n) is 12.0. The third-order valence-electron chi connectivity index (χ3n) is 6.05. The SMILES string of the molecule is COc1ncnc(OC)c1-n1c(CS(=O)(=O)[C@@H](C)[C@@H](OC(C)C)c2ncc(Cl)cn2)nnc1[C@H]1CCOC1. The zero-order chi connectivity index (χ0) is 27.4. The van der Waals surface area contributed by atoms with Gasteiger partial charge in [-0.1, -0.05) is 11.6 Å². The highest BCUT2D eigenvalue weighted by atomic mass is 35.5. The lowest BCUT2D eigenvalue weighted by molar-refractivity contribution is 0.00143. The number of methoxy groups -OCH3 is 2. The lowest BCUT2D eigenvalue weighted by atomic mass is 10.1. The van der Waals surface area contributed by atoms with Gasteiger partial charge in [-0.25, -0.2) is 18.4 Å². The van der Waals surface area contributed by atoms with Crippen molar-refractivity contribution in [3.63, 3.8) is 0 Å². The van der Waals surface area contributed by atoms with Crippen LogP contribution in [0.15, 0.2) is 18.7 Å². The third-order valence-corrected chi connectivity index (χ3v) is 8.29. The summed E-state index contributed by atoms with van der Waals surface area (Å²) >= 11 is 5.94. The molecule has 0 N–H and O–H groups in total. The second kappa shape index (κ2) is 11.8. The molecule has 0 aliphatic carbocycles. The van der Waals surface area contributed by atoms with Crippen LogP contribution in [0.2, 0.25) is 5.02 Å². The molecule has 1 aliphatic rings. The first-order chi connectivity index (χ1) is 18.2. The highest BCUT2D eigenvalue weighted by Crippen LogP contribution is 2.35. The molecule has 3 aromatic rings. The predicted octanol–water partition coefficient (Wildman–Crippen LogP) is 2.49. The number of hydrogen-bond donors (Lipinski definition) is 0. The van der Waals surface area contributed by atoms with E-state index in [1.807, 2.05) is 13.8 Å². The molecule has 4 heterocycles. The number of halogens is 1. The Morgan fingerprint density at radius 1 is 1.08 bits per heavy atom. The Morgan fingerprint density at radius 3 is 2.29 bits per heavy atom. The molecule has 206 valence electrons. The molecular weight excluding hydrogens is 538 g/mol. The normalized spacial score (nSPS) is 17.5. The fourth-order valence-electron chi connectivity index (χ4n) is 4.15. The summed E-state index contributed by atoms with van der Waals surface area (Å²) in [6, 6.07) is 0. The summed E-state index contributed by atoms with van der Waals surface area (Å²) in [6.45, 7) is 6.14. The van der Waals surface area contributed by atoms with Crippen LogP contribution in [0.25, 0.3) is 5.69 Å². The van der Waals surface area contributed by atoms with Gasteiger partial charge in [-0.05, 0) is 27.2 Å². The van der Waals surface area contributed by atoms with E-state index in [9.17, 15) is 8.42 Å². The number of nitrogens with zero attached hydrogens (tertiary/aromatic N) is 7. The molecule has 1 saturated heterocycles. The molecule has 0 unspecified atom stereocenters. The number of ether oxygens (including phenoxy) is 4. The molecule has 0 amide bonds. The summed E-state index contributed by atoms with van der Waals surface area (Å²) < 4.78 is 51.7. The van der Waals surface area contributed by atoms with Crippen molar-refractivity contribution < 1.29 is 27.4 Å². The smallest absolute Gasteiger partial charge is 0.245 e. The van der Waals surface area contributed by atoms with Crippen LogP contribution < -0.4 is 9.47 Å². The molecule has 38 heavy (non-hydrogen) atoms. The molecule has 15 heteroatoms. The maximum absolute atomic E-state index is 13.8. The Bertz CT molecular complexity index is 1320. The van der Waals surface area contributed by atoms with E-state index < -0.39 is 26.9 Å². The molecule has 3 atom stereocenters. The molecule has 3 aromatic heterocycles. The number of hydrogen-bond acceptors (Lipinski definition) is 12. The largest absolute Gasteiger partial charge is 0.479 e. The average Bonchev–Trinajstić information content (AvgIpc) is 3.56. The highest BCUT2D eigenvalue weighted by Gasteiger charge is 2.37. The zero-order valence-electron chi connectivity index (χ0n) is 21.7. The topological polar surface area (TPSA) is 153 Å². The van der Waals surface area contributed by atoms with Crippen LogP contribution in [0.1, 0.15) is 56.7 Å². The molecular formula is C23H30ClN7O6S. The van der Waals surface area contributed by atoms with E-state index in [0.29, 0.717) is 36.2 Å². The van der Waals surface area contributed by atoms with Crippen LogP contribution >= 0.6 is 11.6 Å². The maximum Gasteiger partial charge on any atom is 0.245 e. The second-order valence-electron chi connectivity index (χ2n) is 8.99. The monoisotopic (exact) mass is 567 g/mol. The minimum absolute atomic E-state index is 0.120. The van der Waals surface area contributed by atoms with Crippen LogP contribution in [0.5, 0.6) is 11.8 Å². The Balaban J connectivity index is 1.78. The molecule has 0 saturated carbocycles. The van der Waals surface area contributed by atoms with Gasteiger partial charge < -0.3 is 18.9 Å². The fourth-order valence-corrected chi connectivity index (χ4v) is 5.62. The van der Waals surface area contributed by atoms with Gasteiger partial charge in [-0.3, -0.25) is 4.57 Å². The van der Waals surface area contributed by atoms with Gasteiger partial charge in [0.1, 0.15) is 24.0 Å². The van der Waals surface area contributed by atoms with Crippen molar-refractivity contribution in [1.82, 2.24) is 34.7 Å². The molecule has 0 spiro atoms. The van der Waals surface area contributed by atoms with Gasteiger partial charge in [0.25, 0.3) is 0 Å². The molecule has 4 rings (SSSR count). The van der Waals surface area contributed by atoms with E-state index in [4.69, 9.17) is 30.5 Å². The summed E-state index contributed by atoms with van der Waals surface area (Å²) in [7, 11) is -1.01. The fraction of sp³-hybridized carbons (Fsp3) is 0.565. The quantitative estimate of drug-likeness (QED) is 0.334. The van der Waals surface area contributed by atoms with Crippen LogP contribution in [-0.2, 0) is 25.1 Å². The lowest BCUT2D eigenvalue weighted by Crippen LogP contribution is -2.32. The van der Waals surface area contributed by atoms with Gasteiger partial charge in [0.2, 0.25) is 11.8 Å². The first-order valence-corrected chi connectivity index (χ1v) is 14.0. The van der Waals surface area contributed by atoms with Crippen LogP contribution in [0.3, 0.4) is 0 Å². The van der Waals surface area contributed by atoms with Crippen molar-refractivity contribution in [2.45, 2.75) is 56.3 Å². The zero-order valence-corrected chi connectivity index (χ0v) is 23.3. The summed E-state index contributed by atoms with van der Waals surface area (Å²) in [6.07, 6.45) is 3.56. The number of aromatic nitrogens is 7. The standard InChI is InChI=1S/C23H30ClN7O6S/c1-13(2)37-19(20-25-8-16(24)9-26-20)14(3)38(32,33)11-17-29-30-21(15-6-7-36-10-15)31(17)18-22(34-4)27-12-28-23(18)35-5/h8-9,12-15,19H,6-7,10-11H2,1-5H3/t14-,15-,19+/m0/s1. The van der Waals surface area contributed by atoms with Crippen molar-refractivity contribution in [2.75, 3.05) is 27.4 Å². The molecule has 1 aliphatic heterocycles. The summed E-state index contributed by atoms with van der Waals surface area (Å²) in [5.74, 6) is 0.628. The predicted molar refractivity (Wildman–Crippen MR) is 136 cm³/mol. The molecule has 0 radical (unpaired) electrons. The van der Waals surface area contributed by atoms with Gasteiger partial charge in [-0.15, -0.1) is 10.2 Å². The first kappa shape index (κ1) is 28.1. The van der Waals surface area contributed by atoms with E-state index in [1.165, 1.54) is 32.9 Å². The molecule has 0 aromatic carbocycles. The van der Waals surface area contributed by atoms with Gasteiger partial charge in [0.15, 0.2) is 27.2 Å². The Morgan fingerprint density at radius 2 is 1.74 bits per heavy atom. The van der Waals surface area contributed by atoms with Crippen molar-refractivity contribution >= 4 is 21.4 Å². The van der Waals surface area contributed by atoms with E-state index in [1.54, 1.807) is 11.5 Å². The molecule has 1 fully saturated rings. The summed E-state index contributed by atoms with van der Waals surface area (Å²) in [5.41, 5.74) is 0.304. The Hall–Kier alpha value is -2.94. The van der Waals surface area contributed by atoms with Crippen molar-refractivity contribution in [3.8, 4) is 17.4 Å². The van der Waals surface area contributed by atoms with Crippen LogP contribution in [-0.4, -0.2) is 81.9 Å². The van der Waals surface area contributed by atoms with Crippen molar-refractivity contribution in [2.24, 2.45) is 0 Å². The van der Waals surface area contributed by atoms with Crippen molar-refractivity contribution in [1.29, 1.82) is 0 Å². The van der Waals surface area contributed by atoms with Crippen molar-refractivity contribution in [3.05, 3.63) is 41.2 Å². The minimum Gasteiger partial charge on any atom is -0.479 e. The minimum atomic E-state index is -3.91. The van der Waals surface area contributed by atoms with E-state index in [0.717, 1.165) is 0 Å². The molecule has 13 nitrogen and oxygen atoms in total. The third kappa shape index (κ3) is 5.87. The van der Waals surface area contributed by atoms with Crippen LogP contribution in [0.4, 0.5) is 0 Å². The van der Waals surface area contributed by atoms with Gasteiger partial charge in [0.05, 0.1) is 37.2 Å². The summed E-state index contributed by atoms with van der Waals surface area (Å²) in [5, 5.41) is 7.94. The second-order valence-corrected chi connectivity index (χ2v) is 11.8. The van der Waals surface area contributed by atoms with Gasteiger partial charge in [0, 0.05) is 24.9 Å². The number of rotatable bonds is 11. The molecule has 0 bridgehead atoms. The van der Waals surface area contributed by atoms with E-state index >= 15 is 0 Å².